The van der Waals surface area contributed by atoms with Crippen LogP contribution in [-0.2, 0) is 4.79 Å². The SMILES string of the molecule is CC[C@@H](NC(=O)CSc1ccc(OC)c(OC)c1)c1ccccc1. The predicted octanol–water partition coefficient (Wildman–Crippen LogP) is 4.06. The van der Waals surface area contributed by atoms with E-state index in [-0.39, 0.29) is 11.9 Å². The molecule has 1 amide bonds. The van der Waals surface area contributed by atoms with Crippen molar-refractivity contribution in [2.75, 3.05) is 20.0 Å². The molecule has 0 aliphatic heterocycles. The zero-order valence-electron chi connectivity index (χ0n) is 14.2. The Morgan fingerprint density at radius 3 is 2.42 bits per heavy atom. The number of rotatable bonds is 8. The number of hydrogen-bond acceptors (Lipinski definition) is 4. The third-order valence-corrected chi connectivity index (χ3v) is 4.66. The van der Waals surface area contributed by atoms with Crippen molar-refractivity contribution in [2.45, 2.75) is 24.3 Å². The predicted molar refractivity (Wildman–Crippen MR) is 97.9 cm³/mol. The first kappa shape index (κ1) is 18.2. The van der Waals surface area contributed by atoms with Crippen LogP contribution in [-0.4, -0.2) is 25.9 Å². The Kier molecular flexibility index (Phi) is 7.00. The first-order valence-corrected chi connectivity index (χ1v) is 8.85. The molecule has 0 heterocycles. The summed E-state index contributed by atoms with van der Waals surface area (Å²) in [5.74, 6) is 1.73. The highest BCUT2D eigenvalue weighted by molar-refractivity contribution is 8.00. The fourth-order valence-electron chi connectivity index (χ4n) is 2.40. The lowest BCUT2D eigenvalue weighted by Gasteiger charge is -2.17. The van der Waals surface area contributed by atoms with Gasteiger partial charge in [0.1, 0.15) is 0 Å². The van der Waals surface area contributed by atoms with Crippen molar-refractivity contribution >= 4 is 17.7 Å². The lowest BCUT2D eigenvalue weighted by Crippen LogP contribution is -2.29. The van der Waals surface area contributed by atoms with Crippen LogP contribution in [0.1, 0.15) is 24.9 Å². The molecule has 24 heavy (non-hydrogen) atoms. The van der Waals surface area contributed by atoms with Gasteiger partial charge in [-0.1, -0.05) is 37.3 Å². The summed E-state index contributed by atoms with van der Waals surface area (Å²) in [6.45, 7) is 2.07. The third-order valence-electron chi connectivity index (χ3n) is 3.67. The van der Waals surface area contributed by atoms with Crippen LogP contribution < -0.4 is 14.8 Å². The van der Waals surface area contributed by atoms with Gasteiger partial charge < -0.3 is 14.8 Å². The van der Waals surface area contributed by atoms with E-state index in [2.05, 4.69) is 12.2 Å². The van der Waals surface area contributed by atoms with Gasteiger partial charge in [-0.2, -0.15) is 0 Å². The van der Waals surface area contributed by atoms with Crippen molar-refractivity contribution in [3.8, 4) is 11.5 Å². The molecule has 0 fully saturated rings. The molecule has 0 spiro atoms. The van der Waals surface area contributed by atoms with Crippen molar-refractivity contribution in [3.63, 3.8) is 0 Å². The van der Waals surface area contributed by atoms with Crippen LogP contribution in [0.2, 0.25) is 0 Å². The van der Waals surface area contributed by atoms with Crippen molar-refractivity contribution in [1.82, 2.24) is 5.32 Å². The number of amides is 1. The zero-order valence-corrected chi connectivity index (χ0v) is 15.1. The van der Waals surface area contributed by atoms with Gasteiger partial charge in [0.15, 0.2) is 11.5 Å². The molecule has 0 unspecified atom stereocenters. The second-order valence-electron chi connectivity index (χ2n) is 5.24. The molecule has 0 aliphatic carbocycles. The standard InChI is InChI=1S/C19H23NO3S/c1-4-16(14-8-6-5-7-9-14)20-19(21)13-24-15-10-11-17(22-2)18(12-15)23-3/h5-12,16H,4,13H2,1-3H3,(H,20,21)/t16-/m1/s1. The highest BCUT2D eigenvalue weighted by Crippen LogP contribution is 2.31. The summed E-state index contributed by atoms with van der Waals surface area (Å²) in [7, 11) is 3.21. The minimum atomic E-state index is 0.0190. The Labute approximate surface area is 147 Å². The van der Waals surface area contributed by atoms with Crippen molar-refractivity contribution in [2.24, 2.45) is 0 Å². The summed E-state index contributed by atoms with van der Waals surface area (Å²) in [4.78, 5) is 13.2. The minimum Gasteiger partial charge on any atom is -0.493 e. The summed E-state index contributed by atoms with van der Waals surface area (Å²) in [6.07, 6.45) is 0.858. The maximum atomic E-state index is 12.2. The van der Waals surface area contributed by atoms with Gasteiger partial charge in [-0.05, 0) is 30.2 Å². The van der Waals surface area contributed by atoms with Crippen molar-refractivity contribution in [1.29, 1.82) is 0 Å². The lowest BCUT2D eigenvalue weighted by molar-refractivity contribution is -0.119. The van der Waals surface area contributed by atoms with Crippen LogP contribution in [0.15, 0.2) is 53.4 Å². The van der Waals surface area contributed by atoms with E-state index in [4.69, 9.17) is 9.47 Å². The summed E-state index contributed by atoms with van der Waals surface area (Å²) < 4.78 is 10.5. The summed E-state index contributed by atoms with van der Waals surface area (Å²) >= 11 is 1.48. The average Bonchev–Trinajstić information content (AvgIpc) is 2.64. The average molecular weight is 345 g/mol. The maximum Gasteiger partial charge on any atom is 0.230 e. The van der Waals surface area contributed by atoms with Crippen LogP contribution in [0, 0.1) is 0 Å². The Bertz CT molecular complexity index is 661. The number of methoxy groups -OCH3 is 2. The summed E-state index contributed by atoms with van der Waals surface area (Å²) in [5.41, 5.74) is 1.13. The smallest absolute Gasteiger partial charge is 0.230 e. The number of hydrogen-bond donors (Lipinski definition) is 1. The van der Waals surface area contributed by atoms with E-state index in [1.165, 1.54) is 11.8 Å². The molecule has 0 bridgehead atoms. The molecule has 1 N–H and O–H groups in total. The fourth-order valence-corrected chi connectivity index (χ4v) is 3.13. The third kappa shape index (κ3) is 4.93. The number of carbonyl (C=O) groups is 1. The van der Waals surface area contributed by atoms with Crippen molar-refractivity contribution in [3.05, 3.63) is 54.1 Å². The molecule has 0 saturated heterocycles. The van der Waals surface area contributed by atoms with Gasteiger partial charge in [0.05, 0.1) is 26.0 Å². The van der Waals surface area contributed by atoms with Crippen LogP contribution in [0.25, 0.3) is 0 Å². The molecule has 1 atom stereocenters. The van der Waals surface area contributed by atoms with Gasteiger partial charge in [-0.25, -0.2) is 0 Å². The van der Waals surface area contributed by atoms with E-state index in [9.17, 15) is 4.79 Å². The van der Waals surface area contributed by atoms with E-state index >= 15 is 0 Å². The molecule has 0 radical (unpaired) electrons. The molecular weight excluding hydrogens is 322 g/mol. The van der Waals surface area contributed by atoms with Gasteiger partial charge in [0.25, 0.3) is 0 Å². The van der Waals surface area contributed by atoms with Gasteiger partial charge >= 0.3 is 0 Å². The molecule has 4 nitrogen and oxygen atoms in total. The quantitative estimate of drug-likeness (QED) is 0.733. The number of thioether (sulfide) groups is 1. The largest absolute Gasteiger partial charge is 0.493 e. The van der Waals surface area contributed by atoms with E-state index in [0.717, 1.165) is 16.9 Å². The summed E-state index contributed by atoms with van der Waals surface area (Å²) in [6, 6.07) is 15.7. The number of carbonyl (C=O) groups excluding carboxylic acids is 1. The Morgan fingerprint density at radius 1 is 1.08 bits per heavy atom. The van der Waals surface area contributed by atoms with Gasteiger partial charge in [-0.3, -0.25) is 4.79 Å². The van der Waals surface area contributed by atoms with E-state index < -0.39 is 0 Å². The Morgan fingerprint density at radius 2 is 1.79 bits per heavy atom. The maximum absolute atomic E-state index is 12.2. The van der Waals surface area contributed by atoms with Gasteiger partial charge in [-0.15, -0.1) is 11.8 Å². The monoisotopic (exact) mass is 345 g/mol. The van der Waals surface area contributed by atoms with E-state index in [1.54, 1.807) is 14.2 Å². The Balaban J connectivity index is 1.93. The minimum absolute atomic E-state index is 0.0190. The molecule has 5 heteroatoms. The Hall–Kier alpha value is -2.14. The molecule has 128 valence electrons. The first-order chi connectivity index (χ1) is 11.7. The molecule has 2 rings (SSSR count). The van der Waals surface area contributed by atoms with Crippen molar-refractivity contribution < 1.29 is 14.3 Å². The van der Waals surface area contributed by atoms with E-state index in [0.29, 0.717) is 17.3 Å². The molecule has 0 aromatic heterocycles. The molecule has 2 aromatic carbocycles. The number of nitrogens with one attached hydrogen (secondary N) is 1. The number of ether oxygens (including phenoxy) is 2. The van der Waals surface area contributed by atoms with Gasteiger partial charge in [0, 0.05) is 4.90 Å². The van der Waals surface area contributed by atoms with E-state index in [1.807, 2.05) is 48.5 Å². The zero-order chi connectivity index (χ0) is 17.4. The van der Waals surface area contributed by atoms with Gasteiger partial charge in [0.2, 0.25) is 5.91 Å². The highest BCUT2D eigenvalue weighted by atomic mass is 32.2. The highest BCUT2D eigenvalue weighted by Gasteiger charge is 2.13. The second-order valence-corrected chi connectivity index (χ2v) is 6.29. The van der Waals surface area contributed by atoms with Crippen LogP contribution in [0.3, 0.4) is 0 Å². The first-order valence-electron chi connectivity index (χ1n) is 7.87. The lowest BCUT2D eigenvalue weighted by atomic mass is 10.0. The van der Waals surface area contributed by atoms with Crippen LogP contribution >= 0.6 is 11.8 Å². The van der Waals surface area contributed by atoms with Crippen LogP contribution in [0.5, 0.6) is 11.5 Å². The normalized spacial score (nSPS) is 11.6. The molecule has 0 aliphatic rings. The number of benzene rings is 2. The summed E-state index contributed by atoms with van der Waals surface area (Å²) in [5, 5.41) is 3.09. The molecular formula is C19H23NO3S. The topological polar surface area (TPSA) is 47.6 Å². The second kappa shape index (κ2) is 9.23. The molecule has 2 aromatic rings. The fraction of sp³-hybridized carbons (Fsp3) is 0.316. The molecule has 0 saturated carbocycles. The van der Waals surface area contributed by atoms with Crippen LogP contribution in [0.4, 0.5) is 0 Å².